The lowest BCUT2D eigenvalue weighted by Gasteiger charge is -2.03. The van der Waals surface area contributed by atoms with Crippen LogP contribution in [-0.2, 0) is 19.1 Å². The molecule has 0 rings (SSSR count). The Balaban J connectivity index is 0. The quantitative estimate of drug-likeness (QED) is 0.186. The van der Waals surface area contributed by atoms with Crippen LogP contribution < -0.4 is 0 Å². The molecule has 0 aliphatic rings. The molecule has 0 atom stereocenters. The Kier molecular flexibility index (Phi) is 24.0. The van der Waals surface area contributed by atoms with Crippen LogP contribution in [-0.4, -0.2) is 25.7 Å². The first-order valence-electron chi connectivity index (χ1n) is 10.1. The summed E-state index contributed by atoms with van der Waals surface area (Å²) in [5, 5.41) is 0. The Morgan fingerprint density at radius 2 is 1.08 bits per heavy atom. The molecule has 0 saturated heterocycles. The summed E-state index contributed by atoms with van der Waals surface area (Å²) in [7, 11) is 1.31. The fourth-order valence-electron chi connectivity index (χ4n) is 2.43. The van der Waals surface area contributed by atoms with Gasteiger partial charge in [0.05, 0.1) is 13.7 Å². The molecule has 0 aromatic heterocycles. The first-order chi connectivity index (χ1) is 12.6. The number of methoxy groups -OCH3 is 1. The molecular weight excluding hydrogens is 328 g/mol. The van der Waals surface area contributed by atoms with Gasteiger partial charge >= 0.3 is 11.9 Å². The molecule has 0 radical (unpaired) electrons. The average molecular weight is 369 g/mol. The third kappa shape index (κ3) is 24.7. The standard InChI is InChI=1S/C18H34O2.C4H6O2/c1-3-5-6-7-8-9-10-11-12-13-14-15-16-17-20-18(19)4-2;1-3-4(5)6-2/h4H,2-3,5-17H2,1H3;3H,1H2,2H3. The fourth-order valence-corrected chi connectivity index (χ4v) is 2.43. The van der Waals surface area contributed by atoms with Gasteiger partial charge in [-0.3, -0.25) is 0 Å². The molecule has 0 bridgehead atoms. The van der Waals surface area contributed by atoms with Gasteiger partial charge in [0.1, 0.15) is 0 Å². The predicted octanol–water partition coefficient (Wildman–Crippen LogP) is 6.15. The van der Waals surface area contributed by atoms with Gasteiger partial charge in [0.15, 0.2) is 0 Å². The van der Waals surface area contributed by atoms with Crippen molar-refractivity contribution in [3.05, 3.63) is 25.3 Å². The van der Waals surface area contributed by atoms with Crippen LogP contribution in [0.1, 0.15) is 90.4 Å². The highest BCUT2D eigenvalue weighted by Crippen LogP contribution is 2.12. The molecule has 0 aliphatic carbocycles. The molecule has 0 N–H and O–H groups in total. The maximum absolute atomic E-state index is 10.8. The van der Waals surface area contributed by atoms with E-state index in [1.54, 1.807) is 0 Å². The van der Waals surface area contributed by atoms with Crippen LogP contribution in [0.4, 0.5) is 0 Å². The Labute approximate surface area is 161 Å². The second-order valence-electron chi connectivity index (χ2n) is 6.34. The fraction of sp³-hybridized carbons (Fsp3) is 0.727. The van der Waals surface area contributed by atoms with Crippen molar-refractivity contribution < 1.29 is 19.1 Å². The largest absolute Gasteiger partial charge is 0.466 e. The number of hydrogen-bond acceptors (Lipinski definition) is 4. The van der Waals surface area contributed by atoms with Gasteiger partial charge in [0.2, 0.25) is 0 Å². The highest BCUT2D eigenvalue weighted by Gasteiger charge is 1.96. The third-order valence-electron chi connectivity index (χ3n) is 4.03. The highest BCUT2D eigenvalue weighted by atomic mass is 16.5. The van der Waals surface area contributed by atoms with Gasteiger partial charge in [0.25, 0.3) is 0 Å². The first-order valence-corrected chi connectivity index (χ1v) is 10.1. The second kappa shape index (κ2) is 23.4. The van der Waals surface area contributed by atoms with Crippen molar-refractivity contribution in [3.8, 4) is 0 Å². The minimum atomic E-state index is -0.394. The molecule has 4 heteroatoms. The van der Waals surface area contributed by atoms with Crippen LogP contribution in [0.3, 0.4) is 0 Å². The van der Waals surface area contributed by atoms with Crippen LogP contribution in [0, 0.1) is 0 Å². The molecule has 0 saturated carbocycles. The minimum Gasteiger partial charge on any atom is -0.466 e. The van der Waals surface area contributed by atoms with Gasteiger partial charge in [-0.1, -0.05) is 97.1 Å². The van der Waals surface area contributed by atoms with Crippen molar-refractivity contribution >= 4 is 11.9 Å². The molecule has 0 aromatic rings. The Morgan fingerprint density at radius 3 is 1.38 bits per heavy atom. The van der Waals surface area contributed by atoms with Crippen LogP contribution in [0.2, 0.25) is 0 Å². The van der Waals surface area contributed by atoms with Crippen molar-refractivity contribution in [1.82, 2.24) is 0 Å². The van der Waals surface area contributed by atoms with E-state index in [0.717, 1.165) is 12.5 Å². The minimum absolute atomic E-state index is 0.302. The van der Waals surface area contributed by atoms with E-state index in [0.29, 0.717) is 6.61 Å². The SMILES string of the molecule is C=CC(=O)OC.C=CC(=O)OCCCCCCCCCCCCCCC. The zero-order valence-corrected chi connectivity index (χ0v) is 17.1. The number of unbranched alkanes of at least 4 members (excludes halogenated alkanes) is 12. The monoisotopic (exact) mass is 368 g/mol. The van der Waals surface area contributed by atoms with Gasteiger partial charge in [0, 0.05) is 12.2 Å². The molecular formula is C22H40O4. The van der Waals surface area contributed by atoms with Crippen molar-refractivity contribution in [1.29, 1.82) is 0 Å². The molecule has 0 spiro atoms. The van der Waals surface area contributed by atoms with E-state index in [9.17, 15) is 9.59 Å². The van der Waals surface area contributed by atoms with Gasteiger partial charge in [-0.05, 0) is 6.42 Å². The summed E-state index contributed by atoms with van der Waals surface area (Å²) in [5.41, 5.74) is 0. The summed E-state index contributed by atoms with van der Waals surface area (Å²) < 4.78 is 9.08. The lowest BCUT2D eigenvalue weighted by molar-refractivity contribution is -0.138. The molecule has 4 nitrogen and oxygen atoms in total. The zero-order chi connectivity index (χ0) is 19.9. The maximum Gasteiger partial charge on any atom is 0.330 e. The summed E-state index contributed by atoms with van der Waals surface area (Å²) in [6.07, 6.45) is 19.7. The Hall–Kier alpha value is -1.58. The summed E-state index contributed by atoms with van der Waals surface area (Å²) in [5.74, 6) is -0.695. The molecule has 0 fully saturated rings. The van der Waals surface area contributed by atoms with Crippen LogP contribution in [0.25, 0.3) is 0 Å². The third-order valence-corrected chi connectivity index (χ3v) is 4.03. The Morgan fingerprint density at radius 1 is 0.692 bits per heavy atom. The smallest absolute Gasteiger partial charge is 0.330 e. The van der Waals surface area contributed by atoms with E-state index in [1.807, 2.05) is 0 Å². The van der Waals surface area contributed by atoms with E-state index in [1.165, 1.54) is 90.2 Å². The van der Waals surface area contributed by atoms with Crippen LogP contribution >= 0.6 is 0 Å². The molecule has 26 heavy (non-hydrogen) atoms. The van der Waals surface area contributed by atoms with E-state index in [2.05, 4.69) is 24.8 Å². The van der Waals surface area contributed by atoms with Gasteiger partial charge in [-0.15, -0.1) is 0 Å². The Bertz CT molecular complexity index is 350. The summed E-state index contributed by atoms with van der Waals surface area (Å²) in [6.45, 7) is 9.34. The van der Waals surface area contributed by atoms with E-state index >= 15 is 0 Å². The topological polar surface area (TPSA) is 52.6 Å². The number of rotatable bonds is 16. The van der Waals surface area contributed by atoms with E-state index in [-0.39, 0.29) is 5.97 Å². The first kappa shape index (κ1) is 26.6. The number of carbonyl (C=O) groups excluding carboxylic acids is 2. The van der Waals surface area contributed by atoms with Crippen LogP contribution in [0.5, 0.6) is 0 Å². The second-order valence-corrected chi connectivity index (χ2v) is 6.34. The van der Waals surface area contributed by atoms with Gasteiger partial charge in [-0.2, -0.15) is 0 Å². The van der Waals surface area contributed by atoms with Gasteiger partial charge < -0.3 is 9.47 Å². The molecule has 0 heterocycles. The molecule has 152 valence electrons. The maximum atomic E-state index is 10.8. The van der Waals surface area contributed by atoms with E-state index < -0.39 is 5.97 Å². The summed E-state index contributed by atoms with van der Waals surface area (Å²) in [4.78, 5) is 20.6. The van der Waals surface area contributed by atoms with E-state index in [4.69, 9.17) is 4.74 Å². The summed E-state index contributed by atoms with van der Waals surface area (Å²) >= 11 is 0. The van der Waals surface area contributed by atoms with Crippen molar-refractivity contribution in [2.24, 2.45) is 0 Å². The predicted molar refractivity (Wildman–Crippen MR) is 109 cm³/mol. The van der Waals surface area contributed by atoms with Crippen molar-refractivity contribution in [2.45, 2.75) is 90.4 Å². The van der Waals surface area contributed by atoms with Gasteiger partial charge in [-0.25, -0.2) is 9.59 Å². The number of esters is 2. The van der Waals surface area contributed by atoms with Crippen molar-refractivity contribution in [2.75, 3.05) is 13.7 Å². The summed E-state index contributed by atoms with van der Waals surface area (Å²) in [6, 6.07) is 0. The van der Waals surface area contributed by atoms with Crippen LogP contribution in [0.15, 0.2) is 25.3 Å². The number of carbonyl (C=O) groups is 2. The average Bonchev–Trinajstić information content (AvgIpc) is 2.67. The lowest BCUT2D eigenvalue weighted by atomic mass is 10.0. The molecule has 0 aliphatic heterocycles. The number of ether oxygens (including phenoxy) is 2. The number of hydrogen-bond donors (Lipinski definition) is 0. The van der Waals surface area contributed by atoms with Crippen molar-refractivity contribution in [3.63, 3.8) is 0 Å². The molecule has 0 unspecified atom stereocenters. The highest BCUT2D eigenvalue weighted by molar-refractivity contribution is 5.81. The molecule has 0 amide bonds. The zero-order valence-electron chi connectivity index (χ0n) is 17.1. The normalized spacial score (nSPS) is 9.62. The molecule has 0 aromatic carbocycles. The lowest BCUT2D eigenvalue weighted by Crippen LogP contribution is -2.01.